The first kappa shape index (κ1) is 28.3. The van der Waals surface area contributed by atoms with Crippen molar-refractivity contribution in [3.05, 3.63) is 86.7 Å². The van der Waals surface area contributed by atoms with Crippen LogP contribution in [-0.2, 0) is 20.6 Å². The molecule has 1 aromatic heterocycles. The molecule has 1 fully saturated rings. The highest BCUT2D eigenvalue weighted by Crippen LogP contribution is 2.30. The van der Waals surface area contributed by atoms with Crippen molar-refractivity contribution < 1.29 is 23.0 Å². The van der Waals surface area contributed by atoms with Crippen molar-refractivity contribution >= 4 is 28.3 Å². The number of aromatic nitrogens is 1. The first-order valence-electron chi connectivity index (χ1n) is 13.1. The first-order chi connectivity index (χ1) is 18.2. The van der Waals surface area contributed by atoms with Gasteiger partial charge in [-0.2, -0.15) is 0 Å². The molecule has 0 bridgehead atoms. The molecule has 204 valence electrons. The van der Waals surface area contributed by atoms with Gasteiger partial charge in [0.1, 0.15) is 17.4 Å². The zero-order chi connectivity index (χ0) is 27.4. The van der Waals surface area contributed by atoms with Crippen LogP contribution in [0.2, 0.25) is 5.02 Å². The Kier molecular flexibility index (Phi) is 9.23. The van der Waals surface area contributed by atoms with Gasteiger partial charge in [0, 0.05) is 24.6 Å². The summed E-state index contributed by atoms with van der Waals surface area (Å²) >= 11 is 5.93. The van der Waals surface area contributed by atoms with Gasteiger partial charge >= 0.3 is 0 Å². The van der Waals surface area contributed by atoms with Crippen molar-refractivity contribution in [1.82, 2.24) is 4.57 Å². The average molecular weight is 546 g/mol. The minimum absolute atomic E-state index is 0.0388. The molecule has 1 aliphatic heterocycles. The predicted octanol–water partition coefficient (Wildman–Crippen LogP) is 7.27. The van der Waals surface area contributed by atoms with E-state index in [-0.39, 0.29) is 57.6 Å². The predicted molar refractivity (Wildman–Crippen MR) is 146 cm³/mol. The summed E-state index contributed by atoms with van der Waals surface area (Å²) in [6.45, 7) is 11.2. The lowest BCUT2D eigenvalue weighted by Crippen LogP contribution is -2.29. The van der Waals surface area contributed by atoms with E-state index in [0.717, 1.165) is 19.3 Å². The maximum absolute atomic E-state index is 15.5. The van der Waals surface area contributed by atoms with E-state index in [1.807, 2.05) is 25.3 Å². The number of nitrogens with zero attached hydrogens (tertiary/aromatic N) is 1. The Labute approximate surface area is 227 Å². The third-order valence-corrected chi connectivity index (χ3v) is 7.24. The fourth-order valence-electron chi connectivity index (χ4n) is 4.81. The smallest absolute Gasteiger partial charge is 0.200 e. The van der Waals surface area contributed by atoms with Crippen molar-refractivity contribution in [3.8, 4) is 0 Å². The van der Waals surface area contributed by atoms with Gasteiger partial charge in [0.25, 0.3) is 0 Å². The molecule has 0 amide bonds. The van der Waals surface area contributed by atoms with E-state index in [1.165, 1.54) is 18.2 Å². The minimum Gasteiger partial charge on any atom is -0.494 e. The van der Waals surface area contributed by atoms with E-state index in [0.29, 0.717) is 30.7 Å². The van der Waals surface area contributed by atoms with Crippen LogP contribution >= 0.6 is 11.6 Å². The summed E-state index contributed by atoms with van der Waals surface area (Å²) in [6.07, 6.45) is 4.21. The molecule has 5 nitrogen and oxygen atoms in total. The highest BCUT2D eigenvalue weighted by Gasteiger charge is 2.25. The molecule has 2 aromatic carbocycles. The standard InChI is InChI=1S/C30H34ClF2NO4/c1-5-36-19(4)23-16-34(27(18(2)3)17-38-28-11-6-7-12-37-28)26-15-25(32)21(14-22(26)30(23)35)13-20-9-8-10-24(31)29(20)33/h8-10,14-16,18,27-28H,4-7,11-13,17H2,1-3H3/t27-,28?/m1/s1. The van der Waals surface area contributed by atoms with Gasteiger partial charge in [0.15, 0.2) is 11.7 Å². The second kappa shape index (κ2) is 12.4. The molecule has 1 aliphatic rings. The zero-order valence-electron chi connectivity index (χ0n) is 22.1. The van der Waals surface area contributed by atoms with Crippen LogP contribution in [0.25, 0.3) is 16.7 Å². The van der Waals surface area contributed by atoms with Gasteiger partial charge in [-0.25, -0.2) is 8.78 Å². The number of ether oxygens (including phenoxy) is 3. The fourth-order valence-corrected chi connectivity index (χ4v) is 5.00. The lowest BCUT2D eigenvalue weighted by Gasteiger charge is -2.30. The maximum Gasteiger partial charge on any atom is 0.200 e. The van der Waals surface area contributed by atoms with Crippen LogP contribution in [0.4, 0.5) is 8.78 Å². The normalized spacial score (nSPS) is 16.7. The van der Waals surface area contributed by atoms with Crippen LogP contribution in [0.15, 0.2) is 47.9 Å². The van der Waals surface area contributed by atoms with Crippen LogP contribution in [0.1, 0.15) is 62.8 Å². The molecule has 3 aromatic rings. The molecule has 0 N–H and O–H groups in total. The number of rotatable bonds is 10. The number of hydrogen-bond donors (Lipinski definition) is 0. The lowest BCUT2D eigenvalue weighted by atomic mass is 9.98. The highest BCUT2D eigenvalue weighted by atomic mass is 35.5. The van der Waals surface area contributed by atoms with Gasteiger partial charge < -0.3 is 18.8 Å². The Morgan fingerprint density at radius 2 is 2.03 bits per heavy atom. The van der Waals surface area contributed by atoms with Crippen LogP contribution in [0.5, 0.6) is 0 Å². The van der Waals surface area contributed by atoms with Gasteiger partial charge in [0.2, 0.25) is 0 Å². The molecular formula is C30H34ClF2NO4. The van der Waals surface area contributed by atoms with E-state index in [9.17, 15) is 9.18 Å². The topological polar surface area (TPSA) is 49.7 Å². The third kappa shape index (κ3) is 6.11. The summed E-state index contributed by atoms with van der Waals surface area (Å²) in [6, 6.07) is 7.21. The second-order valence-electron chi connectivity index (χ2n) is 9.93. The molecule has 0 spiro atoms. The van der Waals surface area contributed by atoms with Crippen molar-refractivity contribution in [3.63, 3.8) is 0 Å². The van der Waals surface area contributed by atoms with Gasteiger partial charge in [0.05, 0.1) is 35.4 Å². The quantitative estimate of drug-likeness (QED) is 0.251. The molecule has 0 radical (unpaired) electrons. The molecule has 8 heteroatoms. The van der Waals surface area contributed by atoms with Gasteiger partial charge in [-0.1, -0.05) is 44.2 Å². The van der Waals surface area contributed by atoms with Gasteiger partial charge in [-0.3, -0.25) is 4.79 Å². The lowest BCUT2D eigenvalue weighted by molar-refractivity contribution is -0.169. The van der Waals surface area contributed by atoms with Crippen LogP contribution in [0, 0.1) is 17.6 Å². The van der Waals surface area contributed by atoms with Gasteiger partial charge in [-0.05, 0) is 61.4 Å². The number of halogens is 3. The van der Waals surface area contributed by atoms with E-state index >= 15 is 4.39 Å². The Bertz CT molecular complexity index is 1360. The number of benzene rings is 2. The summed E-state index contributed by atoms with van der Waals surface area (Å²) in [4.78, 5) is 13.6. The van der Waals surface area contributed by atoms with Crippen molar-refractivity contribution in [2.75, 3.05) is 19.8 Å². The van der Waals surface area contributed by atoms with E-state index in [2.05, 4.69) is 6.58 Å². The fraction of sp³-hybridized carbons (Fsp3) is 0.433. The number of hydrogen-bond acceptors (Lipinski definition) is 4. The van der Waals surface area contributed by atoms with Crippen molar-refractivity contribution in [2.45, 2.75) is 58.8 Å². The molecule has 1 saturated heterocycles. The zero-order valence-corrected chi connectivity index (χ0v) is 22.8. The summed E-state index contributed by atoms with van der Waals surface area (Å²) in [7, 11) is 0. The number of pyridine rings is 1. The molecule has 2 atom stereocenters. The van der Waals surface area contributed by atoms with E-state index in [4.69, 9.17) is 25.8 Å². The average Bonchev–Trinajstić information content (AvgIpc) is 2.89. The van der Waals surface area contributed by atoms with Crippen molar-refractivity contribution in [2.24, 2.45) is 5.92 Å². The SMILES string of the molecule is C=C(OCC)c1cn([C@H](COC2CCCCO2)C(C)C)c2cc(F)c(Cc3cccc(Cl)c3F)cc2c1=O. The summed E-state index contributed by atoms with van der Waals surface area (Å²) < 4.78 is 49.4. The highest BCUT2D eigenvalue weighted by molar-refractivity contribution is 6.30. The Morgan fingerprint density at radius 1 is 1.24 bits per heavy atom. The number of fused-ring (bicyclic) bond motifs is 1. The largest absolute Gasteiger partial charge is 0.494 e. The molecule has 2 heterocycles. The molecule has 0 aliphatic carbocycles. The van der Waals surface area contributed by atoms with E-state index < -0.39 is 11.6 Å². The molecule has 0 saturated carbocycles. The Hall–Kier alpha value is -2.74. The molecule has 38 heavy (non-hydrogen) atoms. The Balaban J connectivity index is 1.83. The minimum atomic E-state index is -0.605. The monoisotopic (exact) mass is 545 g/mol. The Morgan fingerprint density at radius 3 is 2.71 bits per heavy atom. The van der Waals surface area contributed by atoms with Gasteiger partial charge in [-0.15, -0.1) is 0 Å². The van der Waals surface area contributed by atoms with Crippen molar-refractivity contribution in [1.29, 1.82) is 0 Å². The molecule has 1 unspecified atom stereocenters. The molecular weight excluding hydrogens is 512 g/mol. The van der Waals surface area contributed by atoms with E-state index in [1.54, 1.807) is 18.3 Å². The summed E-state index contributed by atoms with van der Waals surface area (Å²) in [5.74, 6) is -0.827. The van der Waals surface area contributed by atoms with Crippen LogP contribution < -0.4 is 5.43 Å². The third-order valence-electron chi connectivity index (χ3n) is 6.95. The van der Waals surface area contributed by atoms with Crippen LogP contribution in [0.3, 0.4) is 0 Å². The summed E-state index contributed by atoms with van der Waals surface area (Å²) in [5, 5.41) is 0.254. The molecule has 4 rings (SSSR count). The van der Waals surface area contributed by atoms with Crippen LogP contribution in [-0.4, -0.2) is 30.7 Å². The maximum atomic E-state index is 15.5. The first-order valence-corrected chi connectivity index (χ1v) is 13.4. The summed E-state index contributed by atoms with van der Waals surface area (Å²) in [5.41, 5.74) is 0.802. The second-order valence-corrected chi connectivity index (χ2v) is 10.3.